The van der Waals surface area contributed by atoms with Crippen LogP contribution in [0.25, 0.3) is 0 Å². The van der Waals surface area contributed by atoms with Gasteiger partial charge in [0.25, 0.3) is 11.7 Å². The molecule has 2 rings (SSSR count). The smallest absolute Gasteiger partial charge is 0.377 e. The lowest BCUT2D eigenvalue weighted by molar-refractivity contribution is 0.0588. The Bertz CT molecular complexity index is 570. The monoisotopic (exact) mass is 264 g/mol. The van der Waals surface area contributed by atoms with Gasteiger partial charge >= 0.3 is 5.97 Å². The Morgan fingerprint density at radius 3 is 2.72 bits per heavy atom. The second kappa shape index (κ2) is 5.32. The topological polar surface area (TPSA) is 94.1 Å². The predicted molar refractivity (Wildman–Crippen MR) is 63.4 cm³/mol. The maximum absolute atomic E-state index is 11.7. The first-order valence-electron chi connectivity index (χ1n) is 4.84. The number of ether oxygens (including phenoxy) is 1. The van der Waals surface area contributed by atoms with Crippen LogP contribution in [0.2, 0.25) is 0 Å². The van der Waals surface area contributed by atoms with Crippen LogP contribution < -0.4 is 5.32 Å². The summed E-state index contributed by atoms with van der Waals surface area (Å²) in [5, 5.41) is 2.76. The Labute approximate surface area is 106 Å². The predicted octanol–water partition coefficient (Wildman–Crippen LogP) is 0.972. The normalized spacial score (nSPS) is 9.83. The zero-order valence-electron chi connectivity index (χ0n) is 9.28. The first-order valence-corrected chi connectivity index (χ1v) is 5.61. The number of anilines is 1. The minimum atomic E-state index is -0.643. The number of methoxy groups -OCH3 is 1. The highest BCUT2D eigenvalue weighted by Crippen LogP contribution is 2.12. The first kappa shape index (κ1) is 12.1. The van der Waals surface area contributed by atoms with Crippen LogP contribution in [0.3, 0.4) is 0 Å². The van der Waals surface area contributed by atoms with E-state index >= 15 is 0 Å². The molecule has 7 nitrogen and oxygen atoms in total. The average molecular weight is 264 g/mol. The van der Waals surface area contributed by atoms with E-state index < -0.39 is 5.97 Å². The highest BCUT2D eigenvalue weighted by molar-refractivity contribution is 7.10. The molecule has 0 fully saturated rings. The molecule has 2 aromatic rings. The number of amides is 1. The Morgan fingerprint density at radius 1 is 1.33 bits per heavy atom. The summed E-state index contributed by atoms with van der Waals surface area (Å²) < 4.78 is 8.22. The SMILES string of the molecule is COC(=O)c1nsc(NC(=O)c2ccncc2)n1. The molecular formula is C10H8N4O3S. The van der Waals surface area contributed by atoms with Crippen molar-refractivity contribution in [3.8, 4) is 0 Å². The molecule has 0 spiro atoms. The fourth-order valence-electron chi connectivity index (χ4n) is 1.12. The zero-order valence-corrected chi connectivity index (χ0v) is 10.1. The van der Waals surface area contributed by atoms with E-state index in [1.54, 1.807) is 12.1 Å². The number of pyridine rings is 1. The van der Waals surface area contributed by atoms with Crippen molar-refractivity contribution in [3.05, 3.63) is 35.9 Å². The summed E-state index contributed by atoms with van der Waals surface area (Å²) >= 11 is 0.907. The Kier molecular flexibility index (Phi) is 3.58. The maximum Gasteiger partial charge on any atom is 0.377 e. The number of hydrogen-bond acceptors (Lipinski definition) is 7. The van der Waals surface area contributed by atoms with Gasteiger partial charge in [-0.15, -0.1) is 0 Å². The molecule has 18 heavy (non-hydrogen) atoms. The van der Waals surface area contributed by atoms with Crippen LogP contribution >= 0.6 is 11.5 Å². The molecule has 0 aliphatic heterocycles. The summed E-state index contributed by atoms with van der Waals surface area (Å²) in [6, 6.07) is 3.13. The molecule has 2 aromatic heterocycles. The Balaban J connectivity index is 2.08. The first-order chi connectivity index (χ1) is 8.70. The molecular weight excluding hydrogens is 256 g/mol. The number of carbonyl (C=O) groups is 2. The molecule has 0 saturated carbocycles. The average Bonchev–Trinajstić information content (AvgIpc) is 2.87. The quantitative estimate of drug-likeness (QED) is 0.830. The van der Waals surface area contributed by atoms with Gasteiger partial charge in [-0.3, -0.25) is 15.1 Å². The Hall–Kier alpha value is -2.35. The van der Waals surface area contributed by atoms with Gasteiger partial charge in [0.15, 0.2) is 0 Å². The summed E-state index contributed by atoms with van der Waals surface area (Å²) in [5.74, 6) is -1.06. The van der Waals surface area contributed by atoms with E-state index in [4.69, 9.17) is 0 Å². The van der Waals surface area contributed by atoms with Crippen molar-refractivity contribution in [2.24, 2.45) is 0 Å². The van der Waals surface area contributed by atoms with Crippen molar-refractivity contribution >= 4 is 28.5 Å². The molecule has 0 aliphatic carbocycles. The van der Waals surface area contributed by atoms with E-state index in [2.05, 4.69) is 24.4 Å². The van der Waals surface area contributed by atoms with Gasteiger partial charge in [-0.25, -0.2) is 4.79 Å². The molecule has 0 aromatic carbocycles. The van der Waals surface area contributed by atoms with Crippen molar-refractivity contribution in [1.29, 1.82) is 0 Å². The van der Waals surface area contributed by atoms with Crippen LogP contribution in [0.1, 0.15) is 21.0 Å². The minimum Gasteiger partial charge on any atom is -0.463 e. The van der Waals surface area contributed by atoms with Crippen LogP contribution in [-0.4, -0.2) is 33.3 Å². The summed E-state index contributed by atoms with van der Waals surface area (Å²) in [7, 11) is 1.23. The molecule has 2 heterocycles. The standard InChI is InChI=1S/C10H8N4O3S/c1-17-9(16)7-12-10(18-14-7)13-8(15)6-2-4-11-5-3-6/h2-5H,1H3,(H,12,13,14,15). The van der Waals surface area contributed by atoms with Crippen molar-refractivity contribution in [1.82, 2.24) is 14.3 Å². The van der Waals surface area contributed by atoms with Crippen molar-refractivity contribution in [3.63, 3.8) is 0 Å². The molecule has 8 heteroatoms. The number of nitrogens with one attached hydrogen (secondary N) is 1. The molecule has 92 valence electrons. The highest BCUT2D eigenvalue weighted by atomic mass is 32.1. The van der Waals surface area contributed by atoms with Crippen LogP contribution in [-0.2, 0) is 4.74 Å². The van der Waals surface area contributed by atoms with Gasteiger partial charge in [0.2, 0.25) is 5.13 Å². The van der Waals surface area contributed by atoms with Crippen LogP contribution in [0.15, 0.2) is 24.5 Å². The van der Waals surface area contributed by atoms with E-state index in [0.29, 0.717) is 5.56 Å². The minimum absolute atomic E-state index is 0.0764. The summed E-state index contributed by atoms with van der Waals surface area (Å²) in [4.78, 5) is 30.5. The fraction of sp³-hybridized carbons (Fsp3) is 0.100. The van der Waals surface area contributed by atoms with Gasteiger partial charge in [0, 0.05) is 29.5 Å². The third-order valence-corrected chi connectivity index (χ3v) is 2.59. The lowest BCUT2D eigenvalue weighted by atomic mass is 10.2. The molecule has 0 bridgehead atoms. The van der Waals surface area contributed by atoms with E-state index in [1.165, 1.54) is 19.5 Å². The van der Waals surface area contributed by atoms with Gasteiger partial charge in [0.05, 0.1) is 7.11 Å². The van der Waals surface area contributed by atoms with Crippen molar-refractivity contribution in [2.45, 2.75) is 0 Å². The van der Waals surface area contributed by atoms with Gasteiger partial charge in [-0.2, -0.15) is 9.36 Å². The molecule has 1 N–H and O–H groups in total. The third kappa shape index (κ3) is 2.66. The van der Waals surface area contributed by atoms with Gasteiger partial charge in [0.1, 0.15) is 0 Å². The highest BCUT2D eigenvalue weighted by Gasteiger charge is 2.14. The zero-order chi connectivity index (χ0) is 13.0. The Morgan fingerprint density at radius 2 is 2.06 bits per heavy atom. The molecule has 0 saturated heterocycles. The molecule has 1 amide bonds. The van der Waals surface area contributed by atoms with E-state index in [1.807, 2.05) is 0 Å². The second-order valence-corrected chi connectivity index (χ2v) is 3.86. The van der Waals surface area contributed by atoms with Gasteiger partial charge in [-0.1, -0.05) is 0 Å². The van der Waals surface area contributed by atoms with Crippen molar-refractivity contribution in [2.75, 3.05) is 12.4 Å². The van der Waals surface area contributed by atoms with Crippen LogP contribution in [0, 0.1) is 0 Å². The largest absolute Gasteiger partial charge is 0.463 e. The lowest BCUT2D eigenvalue weighted by Crippen LogP contribution is -2.12. The number of rotatable bonds is 3. The molecule has 0 atom stereocenters. The third-order valence-electron chi connectivity index (χ3n) is 1.96. The molecule has 0 aliphatic rings. The second-order valence-electron chi connectivity index (χ2n) is 3.10. The number of hydrogen-bond donors (Lipinski definition) is 1. The van der Waals surface area contributed by atoms with Crippen LogP contribution in [0.5, 0.6) is 0 Å². The number of aromatic nitrogens is 3. The maximum atomic E-state index is 11.7. The van der Waals surface area contributed by atoms with Crippen LogP contribution in [0.4, 0.5) is 5.13 Å². The van der Waals surface area contributed by atoms with E-state index in [0.717, 1.165) is 11.5 Å². The molecule has 0 unspecified atom stereocenters. The number of esters is 1. The molecule has 0 radical (unpaired) electrons. The van der Waals surface area contributed by atoms with Gasteiger partial charge in [-0.05, 0) is 12.1 Å². The lowest BCUT2D eigenvalue weighted by Gasteiger charge is -1.99. The fourth-order valence-corrected chi connectivity index (χ4v) is 1.67. The number of carbonyl (C=O) groups excluding carboxylic acids is 2. The van der Waals surface area contributed by atoms with E-state index in [-0.39, 0.29) is 16.9 Å². The summed E-state index contributed by atoms with van der Waals surface area (Å²) in [5.41, 5.74) is 0.444. The number of nitrogens with zero attached hydrogens (tertiary/aromatic N) is 3. The summed E-state index contributed by atoms with van der Waals surface area (Å²) in [6.45, 7) is 0. The van der Waals surface area contributed by atoms with Crippen molar-refractivity contribution < 1.29 is 14.3 Å². The van der Waals surface area contributed by atoms with Gasteiger partial charge < -0.3 is 4.74 Å². The van der Waals surface area contributed by atoms with E-state index in [9.17, 15) is 9.59 Å². The summed E-state index contributed by atoms with van der Waals surface area (Å²) in [6.07, 6.45) is 3.02.